The number of fused-ring (bicyclic) bond motifs is 1. The van der Waals surface area contributed by atoms with Crippen molar-refractivity contribution in [3.8, 4) is 5.75 Å². The van der Waals surface area contributed by atoms with Crippen LogP contribution in [0.2, 0.25) is 0 Å². The number of aryl methyl sites for hydroxylation is 2. The summed E-state index contributed by atoms with van der Waals surface area (Å²) >= 11 is 0. The number of methoxy groups -OCH3 is 2. The van der Waals surface area contributed by atoms with Gasteiger partial charge >= 0.3 is 11.9 Å². The molecule has 1 aromatic heterocycles. The quantitative estimate of drug-likeness (QED) is 0.769. The second-order valence-corrected chi connectivity index (χ2v) is 5.43. The van der Waals surface area contributed by atoms with Gasteiger partial charge in [0.1, 0.15) is 22.5 Å². The van der Waals surface area contributed by atoms with Crippen LogP contribution in [0.3, 0.4) is 0 Å². The van der Waals surface area contributed by atoms with Gasteiger partial charge in [0.25, 0.3) is 0 Å². The Morgan fingerprint density at radius 1 is 1.24 bits per heavy atom. The van der Waals surface area contributed by atoms with Crippen LogP contribution in [0.4, 0.5) is 0 Å². The van der Waals surface area contributed by atoms with Crippen molar-refractivity contribution in [1.82, 2.24) is 0 Å². The molecule has 0 saturated heterocycles. The highest BCUT2D eigenvalue weighted by molar-refractivity contribution is 5.86. The molecule has 1 heterocycles. The molecule has 0 aliphatic rings. The maximum Gasteiger partial charge on any atom is 0.339 e. The number of aliphatic hydroxyl groups is 1. The summed E-state index contributed by atoms with van der Waals surface area (Å²) in [6.07, 6.45) is -2.10. The number of benzene rings is 1. The standard InChI is InChI=1S/C17H18O8/c1-8-6-9(18)13-11(7-8)25-10(4-5-12(19)23-2)14(15(13)20)16(21)17(22)24-3/h6-7,16,18,21H,4-5H2,1-3H3/t16-/m1/s1. The zero-order valence-electron chi connectivity index (χ0n) is 14.0. The molecule has 8 heteroatoms. The summed E-state index contributed by atoms with van der Waals surface area (Å²) in [5, 5.41) is 20.0. The molecule has 0 saturated carbocycles. The lowest BCUT2D eigenvalue weighted by atomic mass is 10.0. The minimum atomic E-state index is -1.90. The number of esters is 2. The topological polar surface area (TPSA) is 123 Å². The summed E-state index contributed by atoms with van der Waals surface area (Å²) in [4.78, 5) is 35.8. The Bertz CT molecular complexity index is 880. The van der Waals surface area contributed by atoms with E-state index in [4.69, 9.17) is 4.42 Å². The molecule has 0 amide bonds. The molecule has 0 bridgehead atoms. The molecule has 134 valence electrons. The number of carbonyl (C=O) groups is 2. The SMILES string of the molecule is COC(=O)CCc1oc2cc(C)cc(O)c2c(=O)c1[C@@H](O)C(=O)OC. The molecule has 0 aliphatic heterocycles. The van der Waals surface area contributed by atoms with Crippen molar-refractivity contribution in [2.75, 3.05) is 14.2 Å². The number of phenolic OH excluding ortho intramolecular Hbond substituents is 1. The highest BCUT2D eigenvalue weighted by Gasteiger charge is 2.28. The molecule has 8 nitrogen and oxygen atoms in total. The van der Waals surface area contributed by atoms with Crippen molar-refractivity contribution in [3.63, 3.8) is 0 Å². The molecular formula is C17H18O8. The van der Waals surface area contributed by atoms with Gasteiger partial charge in [-0.1, -0.05) is 0 Å². The van der Waals surface area contributed by atoms with Crippen LogP contribution in [0.15, 0.2) is 21.3 Å². The van der Waals surface area contributed by atoms with E-state index in [1.165, 1.54) is 19.2 Å². The van der Waals surface area contributed by atoms with E-state index in [9.17, 15) is 24.6 Å². The predicted octanol–water partition coefficient (Wildman–Crippen LogP) is 1.12. The summed E-state index contributed by atoms with van der Waals surface area (Å²) in [7, 11) is 2.27. The summed E-state index contributed by atoms with van der Waals surface area (Å²) in [5.41, 5.74) is -0.407. The second kappa shape index (κ2) is 7.35. The van der Waals surface area contributed by atoms with E-state index >= 15 is 0 Å². The van der Waals surface area contributed by atoms with Gasteiger partial charge in [0, 0.05) is 6.42 Å². The molecule has 2 rings (SSSR count). The summed E-state index contributed by atoms with van der Waals surface area (Å²) < 4.78 is 14.6. The summed E-state index contributed by atoms with van der Waals surface area (Å²) in [5.74, 6) is -1.99. The Kier molecular flexibility index (Phi) is 5.43. The van der Waals surface area contributed by atoms with Crippen LogP contribution in [0.25, 0.3) is 11.0 Å². The zero-order valence-corrected chi connectivity index (χ0v) is 14.0. The van der Waals surface area contributed by atoms with Crippen LogP contribution in [-0.4, -0.2) is 36.4 Å². The first kappa shape index (κ1) is 18.5. The highest BCUT2D eigenvalue weighted by Crippen LogP contribution is 2.28. The molecule has 1 aromatic carbocycles. The van der Waals surface area contributed by atoms with E-state index < -0.39 is 23.5 Å². The molecule has 0 fully saturated rings. The highest BCUT2D eigenvalue weighted by atomic mass is 16.5. The van der Waals surface area contributed by atoms with Crippen molar-refractivity contribution in [2.45, 2.75) is 25.9 Å². The molecule has 2 N–H and O–H groups in total. The molecule has 25 heavy (non-hydrogen) atoms. The third-order valence-electron chi connectivity index (χ3n) is 3.71. The van der Waals surface area contributed by atoms with Crippen LogP contribution in [0.1, 0.15) is 29.4 Å². The van der Waals surface area contributed by atoms with Gasteiger partial charge in [-0.15, -0.1) is 0 Å². The molecule has 0 radical (unpaired) electrons. The van der Waals surface area contributed by atoms with Gasteiger partial charge in [-0.05, 0) is 24.6 Å². The number of phenols is 1. The Hall–Kier alpha value is -2.87. The minimum Gasteiger partial charge on any atom is -0.507 e. The van der Waals surface area contributed by atoms with Crippen LogP contribution in [0.5, 0.6) is 5.75 Å². The van der Waals surface area contributed by atoms with Crippen LogP contribution in [-0.2, 0) is 25.5 Å². The Labute approximate surface area is 142 Å². The van der Waals surface area contributed by atoms with Crippen LogP contribution in [0, 0.1) is 6.92 Å². The normalized spacial score (nSPS) is 12.0. The summed E-state index contributed by atoms with van der Waals surface area (Å²) in [6.45, 7) is 1.70. The average Bonchev–Trinajstić information content (AvgIpc) is 2.57. The number of hydrogen-bond donors (Lipinski definition) is 2. The fraction of sp³-hybridized carbons (Fsp3) is 0.353. The molecular weight excluding hydrogens is 332 g/mol. The van der Waals surface area contributed by atoms with Crippen molar-refractivity contribution in [3.05, 3.63) is 39.2 Å². The van der Waals surface area contributed by atoms with Gasteiger partial charge in [-0.3, -0.25) is 9.59 Å². The zero-order chi connectivity index (χ0) is 18.7. The van der Waals surface area contributed by atoms with Gasteiger partial charge in [0.2, 0.25) is 5.43 Å². The first-order valence-electron chi connectivity index (χ1n) is 7.42. The van der Waals surface area contributed by atoms with Crippen molar-refractivity contribution < 1.29 is 33.7 Å². The van der Waals surface area contributed by atoms with E-state index in [2.05, 4.69) is 9.47 Å². The maximum absolute atomic E-state index is 12.8. The van der Waals surface area contributed by atoms with Gasteiger partial charge in [0.05, 0.1) is 26.2 Å². The van der Waals surface area contributed by atoms with Gasteiger partial charge in [-0.25, -0.2) is 4.79 Å². The largest absolute Gasteiger partial charge is 0.507 e. The third-order valence-corrected chi connectivity index (χ3v) is 3.71. The number of ether oxygens (including phenoxy) is 2. The Balaban J connectivity index is 2.71. The van der Waals surface area contributed by atoms with Crippen molar-refractivity contribution in [2.24, 2.45) is 0 Å². The van der Waals surface area contributed by atoms with Crippen LogP contribution < -0.4 is 5.43 Å². The third kappa shape index (κ3) is 3.63. The molecule has 0 aliphatic carbocycles. The Morgan fingerprint density at radius 3 is 2.52 bits per heavy atom. The molecule has 0 unspecified atom stereocenters. The lowest BCUT2D eigenvalue weighted by molar-refractivity contribution is -0.150. The van der Waals surface area contributed by atoms with E-state index in [0.29, 0.717) is 5.56 Å². The lowest BCUT2D eigenvalue weighted by Crippen LogP contribution is -2.24. The van der Waals surface area contributed by atoms with Gasteiger partial charge in [-0.2, -0.15) is 0 Å². The van der Waals surface area contributed by atoms with Crippen LogP contribution >= 0.6 is 0 Å². The van der Waals surface area contributed by atoms with Crippen molar-refractivity contribution in [1.29, 1.82) is 0 Å². The second-order valence-electron chi connectivity index (χ2n) is 5.43. The number of aliphatic hydroxyl groups excluding tert-OH is 1. The first-order valence-corrected chi connectivity index (χ1v) is 7.42. The number of aromatic hydroxyl groups is 1. The van der Waals surface area contributed by atoms with E-state index in [1.807, 2.05) is 0 Å². The van der Waals surface area contributed by atoms with E-state index in [0.717, 1.165) is 7.11 Å². The van der Waals surface area contributed by atoms with Gasteiger partial charge in [0.15, 0.2) is 6.10 Å². The molecule has 0 spiro atoms. The maximum atomic E-state index is 12.8. The predicted molar refractivity (Wildman–Crippen MR) is 86.2 cm³/mol. The molecule has 2 aromatic rings. The number of rotatable bonds is 5. The van der Waals surface area contributed by atoms with Crippen molar-refractivity contribution >= 4 is 22.9 Å². The van der Waals surface area contributed by atoms with E-state index in [1.54, 1.807) is 6.92 Å². The number of carbonyl (C=O) groups excluding carboxylic acids is 2. The minimum absolute atomic E-state index is 0.0502. The number of hydrogen-bond acceptors (Lipinski definition) is 8. The molecule has 1 atom stereocenters. The Morgan fingerprint density at radius 2 is 1.92 bits per heavy atom. The summed E-state index contributed by atoms with van der Waals surface area (Å²) in [6, 6.07) is 2.90. The fourth-order valence-corrected chi connectivity index (χ4v) is 2.50. The lowest BCUT2D eigenvalue weighted by Gasteiger charge is -2.14. The van der Waals surface area contributed by atoms with Gasteiger partial charge < -0.3 is 24.1 Å². The van der Waals surface area contributed by atoms with E-state index in [-0.39, 0.29) is 40.9 Å². The fourth-order valence-electron chi connectivity index (χ4n) is 2.50. The smallest absolute Gasteiger partial charge is 0.339 e. The average molecular weight is 350 g/mol. The first-order chi connectivity index (χ1) is 11.8. The monoisotopic (exact) mass is 350 g/mol.